The number of benzene rings is 1. The van der Waals surface area contributed by atoms with E-state index in [1.54, 1.807) is 12.1 Å². The standard InChI is InChI=1S/C10H8Cl2N4/c11-6-2-1-3-7(4-6)15-9-8(13)5-14-10(12)16-9/h1-5H,13H2,(H,14,15,16). The van der Waals surface area contributed by atoms with Crippen LogP contribution in [0.4, 0.5) is 17.2 Å². The molecule has 1 heterocycles. The maximum Gasteiger partial charge on any atom is 0.224 e. The van der Waals surface area contributed by atoms with Crippen LogP contribution < -0.4 is 11.1 Å². The number of anilines is 3. The highest BCUT2D eigenvalue weighted by Gasteiger charge is 2.03. The molecule has 0 saturated carbocycles. The van der Waals surface area contributed by atoms with Crippen LogP contribution in [0.3, 0.4) is 0 Å². The van der Waals surface area contributed by atoms with Gasteiger partial charge in [-0.15, -0.1) is 0 Å². The highest BCUT2D eigenvalue weighted by atomic mass is 35.5. The third kappa shape index (κ3) is 2.53. The first kappa shape index (κ1) is 11.0. The van der Waals surface area contributed by atoms with Crippen LogP contribution in [0.2, 0.25) is 10.3 Å². The summed E-state index contributed by atoms with van der Waals surface area (Å²) in [5.41, 5.74) is 6.90. The maximum absolute atomic E-state index is 5.85. The summed E-state index contributed by atoms with van der Waals surface area (Å²) in [5.74, 6) is 0.460. The second-order valence-corrected chi connectivity index (χ2v) is 3.85. The minimum atomic E-state index is 0.138. The van der Waals surface area contributed by atoms with Crippen LogP contribution in [0.5, 0.6) is 0 Å². The summed E-state index contributed by atoms with van der Waals surface area (Å²) in [5, 5.41) is 3.78. The molecule has 0 aliphatic carbocycles. The molecule has 0 radical (unpaired) electrons. The van der Waals surface area contributed by atoms with E-state index in [9.17, 15) is 0 Å². The molecule has 82 valence electrons. The Morgan fingerprint density at radius 2 is 2.06 bits per heavy atom. The number of nitrogens with one attached hydrogen (secondary N) is 1. The third-order valence-electron chi connectivity index (χ3n) is 1.88. The molecule has 1 aromatic carbocycles. The van der Waals surface area contributed by atoms with E-state index in [1.165, 1.54) is 6.20 Å². The number of rotatable bonds is 2. The molecule has 0 aliphatic rings. The van der Waals surface area contributed by atoms with Gasteiger partial charge in [0.15, 0.2) is 5.82 Å². The van der Waals surface area contributed by atoms with Gasteiger partial charge in [-0.2, -0.15) is 4.98 Å². The molecule has 0 aliphatic heterocycles. The van der Waals surface area contributed by atoms with E-state index >= 15 is 0 Å². The lowest BCUT2D eigenvalue weighted by Gasteiger charge is -2.07. The average molecular weight is 255 g/mol. The van der Waals surface area contributed by atoms with Crippen molar-refractivity contribution in [2.45, 2.75) is 0 Å². The average Bonchev–Trinajstić information content (AvgIpc) is 2.24. The SMILES string of the molecule is Nc1cnc(Cl)nc1Nc1cccc(Cl)c1. The molecule has 6 heteroatoms. The maximum atomic E-state index is 5.85. The number of nitrogens with zero attached hydrogens (tertiary/aromatic N) is 2. The minimum Gasteiger partial charge on any atom is -0.394 e. The van der Waals surface area contributed by atoms with E-state index in [2.05, 4.69) is 15.3 Å². The molecule has 1 aromatic heterocycles. The molecular weight excluding hydrogens is 247 g/mol. The van der Waals surface area contributed by atoms with Gasteiger partial charge in [-0.05, 0) is 29.8 Å². The Morgan fingerprint density at radius 1 is 1.25 bits per heavy atom. The summed E-state index contributed by atoms with van der Waals surface area (Å²) in [7, 11) is 0. The van der Waals surface area contributed by atoms with Crippen molar-refractivity contribution in [1.29, 1.82) is 0 Å². The van der Waals surface area contributed by atoms with Crippen molar-refractivity contribution in [2.24, 2.45) is 0 Å². The molecule has 0 unspecified atom stereocenters. The Kier molecular flexibility index (Phi) is 3.12. The van der Waals surface area contributed by atoms with E-state index in [-0.39, 0.29) is 5.28 Å². The van der Waals surface area contributed by atoms with Crippen molar-refractivity contribution in [3.05, 3.63) is 40.8 Å². The van der Waals surface area contributed by atoms with Gasteiger partial charge in [-0.1, -0.05) is 17.7 Å². The van der Waals surface area contributed by atoms with Crippen molar-refractivity contribution in [3.63, 3.8) is 0 Å². The van der Waals surface area contributed by atoms with Crippen molar-refractivity contribution in [3.8, 4) is 0 Å². The van der Waals surface area contributed by atoms with Gasteiger partial charge < -0.3 is 11.1 Å². The summed E-state index contributed by atoms with van der Waals surface area (Å²) in [6.07, 6.45) is 1.45. The lowest BCUT2D eigenvalue weighted by Crippen LogP contribution is -2.00. The van der Waals surface area contributed by atoms with Crippen molar-refractivity contribution in [1.82, 2.24) is 9.97 Å². The first-order valence-corrected chi connectivity index (χ1v) is 5.21. The van der Waals surface area contributed by atoms with E-state index in [1.807, 2.05) is 12.1 Å². The second-order valence-electron chi connectivity index (χ2n) is 3.08. The molecule has 0 atom stereocenters. The molecular formula is C10H8Cl2N4. The van der Waals surface area contributed by atoms with Crippen LogP contribution in [-0.2, 0) is 0 Å². The number of hydrogen-bond acceptors (Lipinski definition) is 4. The number of aromatic nitrogens is 2. The fraction of sp³-hybridized carbons (Fsp3) is 0. The van der Waals surface area contributed by atoms with Crippen LogP contribution in [0.1, 0.15) is 0 Å². The summed E-state index contributed by atoms with van der Waals surface area (Å²) < 4.78 is 0. The van der Waals surface area contributed by atoms with Gasteiger partial charge in [0, 0.05) is 10.7 Å². The fourth-order valence-electron chi connectivity index (χ4n) is 1.17. The molecule has 3 N–H and O–H groups in total. The molecule has 0 fully saturated rings. The monoisotopic (exact) mass is 254 g/mol. The normalized spacial score (nSPS) is 10.1. The Hall–Kier alpha value is -1.52. The molecule has 0 saturated heterocycles. The van der Waals surface area contributed by atoms with Crippen molar-refractivity contribution < 1.29 is 0 Å². The predicted molar refractivity (Wildman–Crippen MR) is 66.2 cm³/mol. The largest absolute Gasteiger partial charge is 0.394 e. The van der Waals surface area contributed by atoms with E-state index in [0.717, 1.165) is 5.69 Å². The van der Waals surface area contributed by atoms with Gasteiger partial charge in [0.25, 0.3) is 0 Å². The molecule has 0 bridgehead atoms. The summed E-state index contributed by atoms with van der Waals surface area (Å²) >= 11 is 11.5. The Bertz CT molecular complexity index is 516. The van der Waals surface area contributed by atoms with Crippen molar-refractivity contribution >= 4 is 40.4 Å². The quantitative estimate of drug-likeness (QED) is 0.809. The third-order valence-corrected chi connectivity index (χ3v) is 2.29. The van der Waals surface area contributed by atoms with Gasteiger partial charge in [0.05, 0.1) is 11.9 Å². The van der Waals surface area contributed by atoms with Crippen LogP contribution in [0.15, 0.2) is 30.5 Å². The highest BCUT2D eigenvalue weighted by molar-refractivity contribution is 6.30. The van der Waals surface area contributed by atoms with Gasteiger partial charge in [0.1, 0.15) is 0 Å². The van der Waals surface area contributed by atoms with Gasteiger partial charge >= 0.3 is 0 Å². The summed E-state index contributed by atoms with van der Waals surface area (Å²) in [6, 6.07) is 7.21. The Morgan fingerprint density at radius 3 is 2.81 bits per heavy atom. The van der Waals surface area contributed by atoms with Crippen LogP contribution >= 0.6 is 23.2 Å². The minimum absolute atomic E-state index is 0.138. The van der Waals surface area contributed by atoms with Crippen LogP contribution in [0, 0.1) is 0 Å². The lowest BCUT2D eigenvalue weighted by atomic mass is 10.3. The van der Waals surface area contributed by atoms with E-state index in [4.69, 9.17) is 28.9 Å². The Labute approximate surface area is 102 Å². The number of hydrogen-bond donors (Lipinski definition) is 2. The van der Waals surface area contributed by atoms with Gasteiger partial charge in [-0.3, -0.25) is 0 Å². The number of nitrogen functional groups attached to an aromatic ring is 1. The van der Waals surface area contributed by atoms with E-state index < -0.39 is 0 Å². The number of nitrogens with two attached hydrogens (primary N) is 1. The van der Waals surface area contributed by atoms with Gasteiger partial charge in [0.2, 0.25) is 5.28 Å². The zero-order chi connectivity index (χ0) is 11.5. The van der Waals surface area contributed by atoms with Crippen LogP contribution in [-0.4, -0.2) is 9.97 Å². The number of halogens is 2. The van der Waals surface area contributed by atoms with E-state index in [0.29, 0.717) is 16.5 Å². The summed E-state index contributed by atoms with van der Waals surface area (Å²) in [6.45, 7) is 0. The smallest absolute Gasteiger partial charge is 0.224 e. The fourth-order valence-corrected chi connectivity index (χ4v) is 1.50. The molecule has 16 heavy (non-hydrogen) atoms. The zero-order valence-corrected chi connectivity index (χ0v) is 9.63. The summed E-state index contributed by atoms with van der Waals surface area (Å²) in [4.78, 5) is 7.73. The predicted octanol–water partition coefficient (Wildman–Crippen LogP) is 3.11. The first-order chi connectivity index (χ1) is 7.65. The highest BCUT2D eigenvalue weighted by Crippen LogP contribution is 2.23. The van der Waals surface area contributed by atoms with Gasteiger partial charge in [-0.25, -0.2) is 4.98 Å². The lowest BCUT2D eigenvalue weighted by molar-refractivity contribution is 1.17. The molecule has 2 rings (SSSR count). The molecule has 0 amide bonds. The van der Waals surface area contributed by atoms with Crippen molar-refractivity contribution in [2.75, 3.05) is 11.1 Å². The topological polar surface area (TPSA) is 63.8 Å². The second kappa shape index (κ2) is 4.55. The Balaban J connectivity index is 2.30. The first-order valence-electron chi connectivity index (χ1n) is 4.46. The molecule has 0 spiro atoms. The van der Waals surface area contributed by atoms with Crippen LogP contribution in [0.25, 0.3) is 0 Å². The molecule has 2 aromatic rings. The zero-order valence-electron chi connectivity index (χ0n) is 8.11. The molecule has 4 nitrogen and oxygen atoms in total.